The Morgan fingerprint density at radius 1 is 1.40 bits per heavy atom. The van der Waals surface area contributed by atoms with Crippen molar-refractivity contribution in [2.45, 2.75) is 26.3 Å². The Morgan fingerprint density at radius 2 is 2.20 bits per heavy atom. The van der Waals surface area contributed by atoms with Gasteiger partial charge in [-0.2, -0.15) is 5.10 Å². The minimum Gasteiger partial charge on any atom is -0.398 e. The number of anilines is 2. The summed E-state index contributed by atoms with van der Waals surface area (Å²) in [5.74, 6) is 0. The molecule has 1 aliphatic rings. The predicted octanol–water partition coefficient (Wildman–Crippen LogP) is 2.89. The van der Waals surface area contributed by atoms with Crippen LogP contribution in [0.15, 0.2) is 22.7 Å². The van der Waals surface area contributed by atoms with Crippen LogP contribution >= 0.6 is 15.9 Å². The lowest BCUT2D eigenvalue weighted by molar-refractivity contribution is 0.679. The number of nitrogens with two attached hydrogens (primary N) is 1. The van der Waals surface area contributed by atoms with E-state index < -0.39 is 0 Å². The minimum atomic E-state index is 0.862. The van der Waals surface area contributed by atoms with Gasteiger partial charge in [-0.25, -0.2) is 0 Å². The third-order valence-electron chi connectivity index (χ3n) is 4.00. The Kier molecular flexibility index (Phi) is 3.46. The first-order valence-corrected chi connectivity index (χ1v) is 7.73. The average Bonchev–Trinajstić information content (AvgIpc) is 2.96. The standard InChI is InChI=1S/C15H19BrN4/c1-3-12-15(16)14(19(2)18-12)9-20-8-7-10-11(17)5-4-6-13(10)20/h4-6H,3,7-9,17H2,1-2H3. The van der Waals surface area contributed by atoms with Gasteiger partial charge >= 0.3 is 0 Å². The molecule has 2 aromatic rings. The van der Waals surface area contributed by atoms with Gasteiger partial charge in [0.25, 0.3) is 0 Å². The molecule has 1 aromatic heterocycles. The zero-order chi connectivity index (χ0) is 14.3. The van der Waals surface area contributed by atoms with Gasteiger partial charge in [-0.15, -0.1) is 0 Å². The highest BCUT2D eigenvalue weighted by Crippen LogP contribution is 2.34. The number of aromatic nitrogens is 2. The second-order valence-electron chi connectivity index (χ2n) is 5.20. The van der Waals surface area contributed by atoms with Gasteiger partial charge < -0.3 is 10.6 Å². The third-order valence-corrected chi connectivity index (χ3v) is 4.92. The number of nitrogen functional groups attached to an aromatic ring is 1. The van der Waals surface area contributed by atoms with Crippen LogP contribution in [-0.2, 0) is 26.4 Å². The number of aryl methyl sites for hydroxylation is 2. The van der Waals surface area contributed by atoms with E-state index in [1.54, 1.807) is 0 Å². The maximum Gasteiger partial charge on any atom is 0.0767 e. The van der Waals surface area contributed by atoms with Crippen molar-refractivity contribution < 1.29 is 0 Å². The Morgan fingerprint density at radius 3 is 2.90 bits per heavy atom. The predicted molar refractivity (Wildman–Crippen MR) is 85.9 cm³/mol. The Hall–Kier alpha value is -1.49. The highest BCUT2D eigenvalue weighted by molar-refractivity contribution is 9.10. The van der Waals surface area contributed by atoms with Crippen LogP contribution in [0.5, 0.6) is 0 Å². The summed E-state index contributed by atoms with van der Waals surface area (Å²) in [6.07, 6.45) is 1.97. The number of benzene rings is 1. The molecule has 0 spiro atoms. The highest BCUT2D eigenvalue weighted by atomic mass is 79.9. The zero-order valence-corrected chi connectivity index (χ0v) is 13.4. The van der Waals surface area contributed by atoms with E-state index in [-0.39, 0.29) is 0 Å². The van der Waals surface area contributed by atoms with Crippen molar-refractivity contribution in [2.75, 3.05) is 17.2 Å². The first kappa shape index (κ1) is 13.5. The van der Waals surface area contributed by atoms with E-state index in [9.17, 15) is 0 Å². The summed E-state index contributed by atoms with van der Waals surface area (Å²) in [5, 5.41) is 4.56. The molecule has 0 saturated heterocycles. The van der Waals surface area contributed by atoms with Crippen molar-refractivity contribution in [3.05, 3.63) is 39.6 Å². The normalized spacial score (nSPS) is 13.8. The number of fused-ring (bicyclic) bond motifs is 1. The van der Waals surface area contributed by atoms with Gasteiger partial charge in [0.05, 0.1) is 22.4 Å². The molecule has 0 aliphatic carbocycles. The molecule has 2 N–H and O–H groups in total. The van der Waals surface area contributed by atoms with E-state index in [0.29, 0.717) is 0 Å². The maximum absolute atomic E-state index is 6.06. The summed E-state index contributed by atoms with van der Waals surface area (Å²) < 4.78 is 3.12. The van der Waals surface area contributed by atoms with E-state index in [1.165, 1.54) is 16.9 Å². The van der Waals surface area contributed by atoms with Crippen LogP contribution < -0.4 is 10.6 Å². The second-order valence-corrected chi connectivity index (χ2v) is 5.99. The fourth-order valence-electron chi connectivity index (χ4n) is 2.86. The molecule has 0 atom stereocenters. The smallest absolute Gasteiger partial charge is 0.0767 e. The van der Waals surface area contributed by atoms with E-state index in [2.05, 4.69) is 38.9 Å². The largest absolute Gasteiger partial charge is 0.398 e. The molecule has 1 aromatic carbocycles. The molecule has 5 heteroatoms. The van der Waals surface area contributed by atoms with Crippen LogP contribution in [0.4, 0.5) is 11.4 Å². The van der Waals surface area contributed by atoms with Crippen LogP contribution in [0.3, 0.4) is 0 Å². The van der Waals surface area contributed by atoms with Crippen molar-refractivity contribution in [3.8, 4) is 0 Å². The van der Waals surface area contributed by atoms with Crippen molar-refractivity contribution in [2.24, 2.45) is 7.05 Å². The third kappa shape index (κ3) is 2.10. The quantitative estimate of drug-likeness (QED) is 0.878. The van der Waals surface area contributed by atoms with Crippen molar-refractivity contribution in [3.63, 3.8) is 0 Å². The molecule has 4 nitrogen and oxygen atoms in total. The lowest BCUT2D eigenvalue weighted by atomic mass is 10.1. The van der Waals surface area contributed by atoms with E-state index in [0.717, 1.165) is 41.8 Å². The molecule has 3 rings (SSSR count). The van der Waals surface area contributed by atoms with Gasteiger partial charge in [-0.3, -0.25) is 4.68 Å². The Labute approximate surface area is 127 Å². The maximum atomic E-state index is 6.06. The number of nitrogens with zero attached hydrogens (tertiary/aromatic N) is 3. The molecule has 1 aliphatic heterocycles. The van der Waals surface area contributed by atoms with Crippen molar-refractivity contribution in [1.29, 1.82) is 0 Å². The summed E-state index contributed by atoms with van der Waals surface area (Å²) in [4.78, 5) is 2.38. The zero-order valence-electron chi connectivity index (χ0n) is 11.9. The Balaban J connectivity index is 1.92. The molecule has 0 saturated carbocycles. The SMILES string of the molecule is CCc1nn(C)c(CN2CCc3c(N)cccc32)c1Br. The van der Waals surface area contributed by atoms with Gasteiger partial charge in [-0.05, 0) is 40.9 Å². The minimum absolute atomic E-state index is 0.862. The molecule has 106 valence electrons. The fourth-order valence-corrected chi connectivity index (χ4v) is 3.61. The molecular formula is C15H19BrN4. The second kappa shape index (κ2) is 5.13. The fraction of sp³-hybridized carbons (Fsp3) is 0.400. The number of halogens is 1. The summed E-state index contributed by atoms with van der Waals surface area (Å²) in [5.41, 5.74) is 11.8. The monoisotopic (exact) mass is 334 g/mol. The molecule has 0 radical (unpaired) electrons. The van der Waals surface area contributed by atoms with E-state index >= 15 is 0 Å². The summed E-state index contributed by atoms with van der Waals surface area (Å²) in [6.45, 7) is 4.01. The number of hydrogen-bond acceptors (Lipinski definition) is 3. The summed E-state index contributed by atoms with van der Waals surface area (Å²) in [7, 11) is 2.01. The van der Waals surface area contributed by atoms with Crippen LogP contribution in [0.1, 0.15) is 23.9 Å². The van der Waals surface area contributed by atoms with Gasteiger partial charge in [0, 0.05) is 30.5 Å². The number of rotatable bonds is 3. The molecule has 0 fully saturated rings. The molecule has 0 unspecified atom stereocenters. The van der Waals surface area contributed by atoms with Crippen LogP contribution in [0.2, 0.25) is 0 Å². The molecule has 2 heterocycles. The van der Waals surface area contributed by atoms with Gasteiger partial charge in [-0.1, -0.05) is 13.0 Å². The highest BCUT2D eigenvalue weighted by Gasteiger charge is 2.23. The average molecular weight is 335 g/mol. The molecule has 0 bridgehead atoms. The lowest BCUT2D eigenvalue weighted by Crippen LogP contribution is -2.21. The lowest BCUT2D eigenvalue weighted by Gasteiger charge is -2.20. The van der Waals surface area contributed by atoms with Crippen LogP contribution in [0, 0.1) is 0 Å². The van der Waals surface area contributed by atoms with Crippen LogP contribution in [0.25, 0.3) is 0 Å². The molecule has 20 heavy (non-hydrogen) atoms. The van der Waals surface area contributed by atoms with Crippen molar-refractivity contribution in [1.82, 2.24) is 9.78 Å². The topological polar surface area (TPSA) is 47.1 Å². The first-order valence-electron chi connectivity index (χ1n) is 6.94. The van der Waals surface area contributed by atoms with Crippen LogP contribution in [-0.4, -0.2) is 16.3 Å². The van der Waals surface area contributed by atoms with Crippen molar-refractivity contribution >= 4 is 27.3 Å². The van der Waals surface area contributed by atoms with E-state index in [4.69, 9.17) is 5.73 Å². The number of hydrogen-bond donors (Lipinski definition) is 1. The Bertz CT molecular complexity index is 648. The van der Waals surface area contributed by atoms with Gasteiger partial charge in [0.1, 0.15) is 0 Å². The first-order chi connectivity index (χ1) is 9.61. The van der Waals surface area contributed by atoms with Gasteiger partial charge in [0.15, 0.2) is 0 Å². The van der Waals surface area contributed by atoms with Gasteiger partial charge in [0.2, 0.25) is 0 Å². The summed E-state index contributed by atoms with van der Waals surface area (Å²) in [6, 6.07) is 6.17. The molecule has 0 amide bonds. The van der Waals surface area contributed by atoms with E-state index in [1.807, 2.05) is 23.9 Å². The summed E-state index contributed by atoms with van der Waals surface area (Å²) >= 11 is 3.69. The molecular weight excluding hydrogens is 316 g/mol.